The maximum Gasteiger partial charge on any atom is 0.295 e. The van der Waals surface area contributed by atoms with Crippen LogP contribution in [-0.4, -0.2) is 73.7 Å². The van der Waals surface area contributed by atoms with Crippen LogP contribution in [0.5, 0.6) is 11.5 Å². The van der Waals surface area contributed by atoms with Crippen LogP contribution in [0.15, 0.2) is 60.7 Å². The van der Waals surface area contributed by atoms with Crippen LogP contribution in [0.3, 0.4) is 0 Å². The number of amides is 1. The van der Waals surface area contributed by atoms with Crippen molar-refractivity contribution < 1.29 is 28.9 Å². The molecule has 1 atom stereocenters. The lowest BCUT2D eigenvalue weighted by Gasteiger charge is -2.28. The first-order chi connectivity index (χ1) is 17.0. The van der Waals surface area contributed by atoms with E-state index in [1.54, 1.807) is 37.5 Å². The second kappa shape index (κ2) is 10.8. The fourth-order valence-electron chi connectivity index (χ4n) is 4.57. The quantitative estimate of drug-likeness (QED) is 0.270. The summed E-state index contributed by atoms with van der Waals surface area (Å²) < 4.78 is 16.3. The van der Waals surface area contributed by atoms with Crippen molar-refractivity contribution in [1.29, 1.82) is 0 Å². The van der Waals surface area contributed by atoms with Gasteiger partial charge in [-0.1, -0.05) is 24.3 Å². The van der Waals surface area contributed by atoms with Crippen LogP contribution in [0.1, 0.15) is 22.7 Å². The van der Waals surface area contributed by atoms with Gasteiger partial charge in [-0.3, -0.25) is 14.5 Å². The molecule has 184 valence electrons. The van der Waals surface area contributed by atoms with Gasteiger partial charge in [-0.15, -0.1) is 6.58 Å². The Morgan fingerprint density at radius 2 is 1.91 bits per heavy atom. The van der Waals surface area contributed by atoms with Gasteiger partial charge < -0.3 is 24.2 Å². The second-order valence-corrected chi connectivity index (χ2v) is 8.43. The van der Waals surface area contributed by atoms with Gasteiger partial charge in [0.05, 0.1) is 39.0 Å². The van der Waals surface area contributed by atoms with E-state index in [2.05, 4.69) is 11.5 Å². The first-order valence-electron chi connectivity index (χ1n) is 11.5. The monoisotopic (exact) mass is 478 g/mol. The van der Waals surface area contributed by atoms with Gasteiger partial charge in [0, 0.05) is 37.3 Å². The molecule has 2 saturated heterocycles. The number of Topliss-reactive ketones (excluding diaryl/α,β-unsaturated/α-hetero) is 1. The standard InChI is InChI=1S/C27H30N2O6/c1-4-10-29-24(18-8-9-22(34-3)20(15-18)17-28-11-13-35-14-12-28)23(26(31)27(29)32)25(30)19-6-5-7-21(16-19)33-2/h4-9,15-16,24,30H,1,10-14,17H2,2-3H3/t24-/m0/s1. The van der Waals surface area contributed by atoms with Crippen LogP contribution < -0.4 is 9.47 Å². The van der Waals surface area contributed by atoms with Gasteiger partial charge in [0.25, 0.3) is 11.7 Å². The number of ether oxygens (including phenoxy) is 3. The van der Waals surface area contributed by atoms with Crippen LogP contribution in [0.2, 0.25) is 0 Å². The fraction of sp³-hybridized carbons (Fsp3) is 0.333. The van der Waals surface area contributed by atoms with E-state index in [0.29, 0.717) is 42.4 Å². The van der Waals surface area contributed by atoms with E-state index in [4.69, 9.17) is 14.2 Å². The zero-order valence-corrected chi connectivity index (χ0v) is 20.0. The van der Waals surface area contributed by atoms with Gasteiger partial charge in [0.2, 0.25) is 0 Å². The summed E-state index contributed by atoms with van der Waals surface area (Å²) in [5.41, 5.74) is 2.07. The Morgan fingerprint density at radius 1 is 1.14 bits per heavy atom. The van der Waals surface area contributed by atoms with Crippen molar-refractivity contribution in [2.45, 2.75) is 12.6 Å². The first kappa shape index (κ1) is 24.5. The lowest BCUT2D eigenvalue weighted by Crippen LogP contribution is -2.35. The summed E-state index contributed by atoms with van der Waals surface area (Å²) in [6, 6.07) is 11.6. The number of nitrogens with zero attached hydrogens (tertiary/aromatic N) is 2. The molecule has 0 aliphatic carbocycles. The zero-order valence-electron chi connectivity index (χ0n) is 20.0. The van der Waals surface area contributed by atoms with Gasteiger partial charge in [-0.2, -0.15) is 0 Å². The fourth-order valence-corrected chi connectivity index (χ4v) is 4.57. The molecule has 0 bridgehead atoms. The van der Waals surface area contributed by atoms with E-state index >= 15 is 0 Å². The molecule has 35 heavy (non-hydrogen) atoms. The first-order valence-corrected chi connectivity index (χ1v) is 11.5. The number of rotatable bonds is 8. The van der Waals surface area contributed by atoms with E-state index in [1.165, 1.54) is 12.0 Å². The summed E-state index contributed by atoms with van der Waals surface area (Å²) in [6.07, 6.45) is 1.57. The van der Waals surface area contributed by atoms with Crippen molar-refractivity contribution >= 4 is 17.4 Å². The Kier molecular flexibility index (Phi) is 7.53. The molecule has 0 radical (unpaired) electrons. The van der Waals surface area contributed by atoms with Gasteiger partial charge in [-0.05, 0) is 29.8 Å². The number of morpholine rings is 1. The van der Waals surface area contributed by atoms with Crippen molar-refractivity contribution in [3.8, 4) is 11.5 Å². The Bertz CT molecular complexity index is 1150. The molecule has 2 aromatic carbocycles. The third-order valence-electron chi connectivity index (χ3n) is 6.33. The Hall–Kier alpha value is -3.62. The number of carbonyl (C=O) groups is 2. The molecule has 0 saturated carbocycles. The minimum Gasteiger partial charge on any atom is -0.507 e. The largest absolute Gasteiger partial charge is 0.507 e. The normalized spacial score (nSPS) is 20.2. The maximum absolute atomic E-state index is 13.1. The second-order valence-electron chi connectivity index (χ2n) is 8.43. The average Bonchev–Trinajstić information content (AvgIpc) is 3.14. The van der Waals surface area contributed by atoms with E-state index in [9.17, 15) is 14.7 Å². The highest BCUT2D eigenvalue weighted by Crippen LogP contribution is 2.41. The molecule has 2 aliphatic heterocycles. The summed E-state index contributed by atoms with van der Waals surface area (Å²) >= 11 is 0. The zero-order chi connectivity index (χ0) is 24.9. The highest BCUT2D eigenvalue weighted by Gasteiger charge is 2.45. The number of aliphatic hydroxyl groups is 1. The topological polar surface area (TPSA) is 88.5 Å². The molecule has 2 aromatic rings. The van der Waals surface area contributed by atoms with E-state index < -0.39 is 17.7 Å². The number of ketones is 1. The van der Waals surface area contributed by atoms with Gasteiger partial charge in [0.1, 0.15) is 17.3 Å². The predicted molar refractivity (Wildman–Crippen MR) is 131 cm³/mol. The molecule has 1 N–H and O–H groups in total. The van der Waals surface area contributed by atoms with Crippen molar-refractivity contribution in [3.05, 3.63) is 77.4 Å². The van der Waals surface area contributed by atoms with E-state index in [-0.39, 0.29) is 17.9 Å². The van der Waals surface area contributed by atoms with E-state index in [0.717, 1.165) is 18.7 Å². The number of hydrogen-bond donors (Lipinski definition) is 1. The summed E-state index contributed by atoms with van der Waals surface area (Å²) in [5, 5.41) is 11.2. The van der Waals surface area contributed by atoms with Crippen LogP contribution in [0, 0.1) is 0 Å². The molecule has 4 rings (SSSR count). The van der Waals surface area contributed by atoms with Gasteiger partial charge >= 0.3 is 0 Å². The lowest BCUT2D eigenvalue weighted by molar-refractivity contribution is -0.139. The van der Waals surface area contributed by atoms with Crippen molar-refractivity contribution in [2.75, 3.05) is 47.1 Å². The third kappa shape index (κ3) is 4.94. The molecule has 0 spiro atoms. The third-order valence-corrected chi connectivity index (χ3v) is 6.33. The SMILES string of the molecule is C=CCN1C(=O)C(=O)C(=C(O)c2cccc(OC)c2)[C@@H]1c1ccc(OC)c(CN2CCOCC2)c1. The van der Waals surface area contributed by atoms with E-state index in [1.807, 2.05) is 18.2 Å². The Balaban J connectivity index is 1.81. The molecular weight excluding hydrogens is 448 g/mol. The van der Waals surface area contributed by atoms with Crippen molar-refractivity contribution in [2.24, 2.45) is 0 Å². The number of carbonyl (C=O) groups excluding carboxylic acids is 2. The predicted octanol–water partition coefficient (Wildman–Crippen LogP) is 3.14. The van der Waals surface area contributed by atoms with Crippen molar-refractivity contribution in [3.63, 3.8) is 0 Å². The number of methoxy groups -OCH3 is 2. The molecule has 2 heterocycles. The number of aliphatic hydroxyl groups excluding tert-OH is 1. The van der Waals surface area contributed by atoms with Crippen LogP contribution in [-0.2, 0) is 20.9 Å². The summed E-state index contributed by atoms with van der Waals surface area (Å²) in [7, 11) is 3.14. The minimum absolute atomic E-state index is 0.0348. The number of hydrogen-bond acceptors (Lipinski definition) is 7. The maximum atomic E-state index is 13.1. The van der Waals surface area contributed by atoms with Crippen molar-refractivity contribution in [1.82, 2.24) is 9.80 Å². The summed E-state index contributed by atoms with van der Waals surface area (Å²) in [5.74, 6) is -0.408. The molecule has 0 unspecified atom stereocenters. The Morgan fingerprint density at radius 3 is 2.60 bits per heavy atom. The highest BCUT2D eigenvalue weighted by atomic mass is 16.5. The number of benzene rings is 2. The smallest absolute Gasteiger partial charge is 0.295 e. The molecular formula is C27H30N2O6. The molecule has 8 heteroatoms. The number of likely N-dealkylation sites (tertiary alicyclic amines) is 1. The van der Waals surface area contributed by atoms with Crippen LogP contribution in [0.25, 0.3) is 5.76 Å². The summed E-state index contributed by atoms with van der Waals surface area (Å²) in [4.78, 5) is 29.8. The molecule has 2 aliphatic rings. The molecule has 1 amide bonds. The molecule has 2 fully saturated rings. The van der Waals surface area contributed by atoms with Crippen LogP contribution in [0.4, 0.5) is 0 Å². The lowest BCUT2D eigenvalue weighted by atomic mass is 9.93. The Labute approximate surface area is 205 Å². The minimum atomic E-state index is -0.770. The van der Waals surface area contributed by atoms with Gasteiger partial charge in [-0.25, -0.2) is 0 Å². The summed E-state index contributed by atoms with van der Waals surface area (Å²) in [6.45, 7) is 7.49. The molecule has 8 nitrogen and oxygen atoms in total. The highest BCUT2D eigenvalue weighted by molar-refractivity contribution is 6.46. The average molecular weight is 479 g/mol. The van der Waals surface area contributed by atoms with Crippen LogP contribution >= 0.6 is 0 Å². The van der Waals surface area contributed by atoms with Gasteiger partial charge in [0.15, 0.2) is 0 Å². The molecule has 0 aromatic heterocycles.